The smallest absolute Gasteiger partial charge is 0.127 e. The first-order chi connectivity index (χ1) is 10.3. The number of halogens is 1. The molecule has 0 fully saturated rings. The number of nitrogens with zero attached hydrogens (tertiary/aromatic N) is 1. The Morgan fingerprint density at radius 1 is 1.10 bits per heavy atom. The fourth-order valence-electron chi connectivity index (χ4n) is 2.27. The van der Waals surface area contributed by atoms with Gasteiger partial charge in [-0.2, -0.15) is 0 Å². The van der Waals surface area contributed by atoms with Gasteiger partial charge >= 0.3 is 0 Å². The minimum Gasteiger partial charge on any atom is -0.489 e. The van der Waals surface area contributed by atoms with Crippen LogP contribution in [0.5, 0.6) is 5.75 Å². The summed E-state index contributed by atoms with van der Waals surface area (Å²) in [6.45, 7) is 0.617. The fraction of sp³-hybridized carbons (Fsp3) is 0.118. The molecule has 3 nitrogen and oxygen atoms in total. The molecule has 3 aromatic rings. The van der Waals surface area contributed by atoms with Gasteiger partial charge in [-0.1, -0.05) is 24.3 Å². The number of pyridine rings is 1. The molecule has 106 valence electrons. The van der Waals surface area contributed by atoms with E-state index >= 15 is 0 Å². The highest BCUT2D eigenvalue weighted by Crippen LogP contribution is 2.20. The van der Waals surface area contributed by atoms with E-state index in [1.807, 2.05) is 30.3 Å². The Morgan fingerprint density at radius 3 is 2.81 bits per heavy atom. The van der Waals surface area contributed by atoms with Gasteiger partial charge < -0.3 is 10.5 Å². The van der Waals surface area contributed by atoms with E-state index in [1.165, 1.54) is 12.1 Å². The summed E-state index contributed by atoms with van der Waals surface area (Å²) in [6.07, 6.45) is 1.75. The van der Waals surface area contributed by atoms with Crippen molar-refractivity contribution >= 4 is 10.9 Å². The molecule has 0 spiro atoms. The maximum Gasteiger partial charge on any atom is 0.127 e. The van der Waals surface area contributed by atoms with Crippen LogP contribution >= 0.6 is 0 Å². The van der Waals surface area contributed by atoms with E-state index < -0.39 is 0 Å². The number of para-hydroxylation sites is 1. The lowest BCUT2D eigenvalue weighted by Gasteiger charge is -2.09. The van der Waals surface area contributed by atoms with Crippen molar-refractivity contribution in [2.75, 3.05) is 0 Å². The van der Waals surface area contributed by atoms with Crippen molar-refractivity contribution in [1.29, 1.82) is 0 Å². The van der Waals surface area contributed by atoms with Crippen LogP contribution in [0.4, 0.5) is 4.39 Å². The first kappa shape index (κ1) is 13.5. The third-order valence-corrected chi connectivity index (χ3v) is 3.28. The van der Waals surface area contributed by atoms with E-state index in [4.69, 9.17) is 10.5 Å². The Hall–Kier alpha value is -2.46. The third kappa shape index (κ3) is 3.01. The monoisotopic (exact) mass is 282 g/mol. The van der Waals surface area contributed by atoms with Crippen LogP contribution in [0.2, 0.25) is 0 Å². The van der Waals surface area contributed by atoms with Crippen molar-refractivity contribution in [2.45, 2.75) is 13.2 Å². The lowest BCUT2D eigenvalue weighted by Crippen LogP contribution is -2.01. The van der Waals surface area contributed by atoms with Crippen LogP contribution in [0.1, 0.15) is 11.1 Å². The average molecular weight is 282 g/mol. The molecule has 0 saturated heterocycles. The van der Waals surface area contributed by atoms with Gasteiger partial charge in [0.05, 0.1) is 5.52 Å². The van der Waals surface area contributed by atoms with E-state index in [1.54, 1.807) is 12.3 Å². The summed E-state index contributed by atoms with van der Waals surface area (Å²) in [7, 11) is 0. The van der Waals surface area contributed by atoms with Gasteiger partial charge in [-0.15, -0.1) is 0 Å². The van der Waals surface area contributed by atoms with Gasteiger partial charge in [0.2, 0.25) is 0 Å². The molecule has 0 bridgehead atoms. The lowest BCUT2D eigenvalue weighted by atomic mass is 10.1. The second-order valence-electron chi connectivity index (χ2n) is 4.78. The zero-order chi connectivity index (χ0) is 14.7. The Kier molecular flexibility index (Phi) is 3.79. The first-order valence-electron chi connectivity index (χ1n) is 6.71. The quantitative estimate of drug-likeness (QED) is 0.797. The number of nitrogens with two attached hydrogens (primary N) is 1. The van der Waals surface area contributed by atoms with Crippen LogP contribution in [0.15, 0.2) is 54.7 Å². The van der Waals surface area contributed by atoms with E-state index in [-0.39, 0.29) is 12.4 Å². The summed E-state index contributed by atoms with van der Waals surface area (Å²) in [6, 6.07) is 14.3. The molecule has 2 N–H and O–H groups in total. The Bertz CT molecular complexity index is 768. The number of ether oxygens (including phenoxy) is 1. The van der Waals surface area contributed by atoms with Gasteiger partial charge in [0.15, 0.2) is 0 Å². The number of aromatic nitrogens is 1. The molecule has 0 atom stereocenters. The highest BCUT2D eigenvalue weighted by molar-refractivity contribution is 5.81. The van der Waals surface area contributed by atoms with Gasteiger partial charge in [0.1, 0.15) is 18.2 Å². The molecule has 21 heavy (non-hydrogen) atoms. The molecule has 0 unspecified atom stereocenters. The summed E-state index contributed by atoms with van der Waals surface area (Å²) in [5.41, 5.74) is 8.11. The highest BCUT2D eigenvalue weighted by atomic mass is 19.1. The molecule has 4 heteroatoms. The molecular weight excluding hydrogens is 267 g/mol. The topological polar surface area (TPSA) is 48.1 Å². The van der Waals surface area contributed by atoms with Crippen molar-refractivity contribution in [1.82, 2.24) is 4.98 Å². The molecule has 1 heterocycles. The number of hydrogen-bond acceptors (Lipinski definition) is 3. The second kappa shape index (κ2) is 5.89. The van der Waals surface area contributed by atoms with E-state index in [0.29, 0.717) is 17.9 Å². The zero-order valence-corrected chi connectivity index (χ0v) is 11.4. The standard InChI is InChI=1S/C17H15FN2O/c18-15-7-12(10-19)8-16(9-15)21-11-14-4-1-3-13-5-2-6-20-17(13)14/h1-9H,10-11,19H2. The minimum atomic E-state index is -0.344. The van der Waals surface area contributed by atoms with Crippen molar-refractivity contribution in [3.8, 4) is 5.75 Å². The van der Waals surface area contributed by atoms with Gasteiger partial charge in [-0.3, -0.25) is 4.98 Å². The molecule has 0 aliphatic heterocycles. The van der Waals surface area contributed by atoms with Gasteiger partial charge in [-0.05, 0) is 23.8 Å². The van der Waals surface area contributed by atoms with Crippen LogP contribution in [0, 0.1) is 5.82 Å². The molecule has 0 aliphatic rings. The molecule has 0 aliphatic carbocycles. The van der Waals surface area contributed by atoms with Crippen molar-refractivity contribution < 1.29 is 9.13 Å². The highest BCUT2D eigenvalue weighted by Gasteiger charge is 2.05. The van der Waals surface area contributed by atoms with Crippen LogP contribution in [0.25, 0.3) is 10.9 Å². The van der Waals surface area contributed by atoms with Crippen LogP contribution in [-0.2, 0) is 13.2 Å². The van der Waals surface area contributed by atoms with Gasteiger partial charge in [-0.25, -0.2) is 4.39 Å². The van der Waals surface area contributed by atoms with Crippen LogP contribution in [0.3, 0.4) is 0 Å². The van der Waals surface area contributed by atoms with Crippen molar-refractivity contribution in [2.24, 2.45) is 5.73 Å². The van der Waals surface area contributed by atoms with E-state index in [2.05, 4.69) is 4.98 Å². The van der Waals surface area contributed by atoms with Crippen molar-refractivity contribution in [3.63, 3.8) is 0 Å². The molecule has 3 rings (SSSR count). The van der Waals surface area contributed by atoms with E-state index in [9.17, 15) is 4.39 Å². The number of rotatable bonds is 4. The summed E-state index contributed by atoms with van der Waals surface area (Å²) in [5.74, 6) is 0.132. The number of benzene rings is 2. The molecule has 0 amide bonds. The maximum absolute atomic E-state index is 13.4. The van der Waals surface area contributed by atoms with Crippen molar-refractivity contribution in [3.05, 3.63) is 71.7 Å². The third-order valence-electron chi connectivity index (χ3n) is 3.28. The average Bonchev–Trinajstić information content (AvgIpc) is 2.52. The fourth-order valence-corrected chi connectivity index (χ4v) is 2.27. The predicted octanol–water partition coefficient (Wildman–Crippen LogP) is 3.41. The Morgan fingerprint density at radius 2 is 1.95 bits per heavy atom. The Labute approximate surface area is 122 Å². The first-order valence-corrected chi connectivity index (χ1v) is 6.71. The van der Waals surface area contributed by atoms with Crippen LogP contribution < -0.4 is 10.5 Å². The minimum absolute atomic E-state index is 0.282. The maximum atomic E-state index is 13.4. The summed E-state index contributed by atoms with van der Waals surface area (Å²) < 4.78 is 19.1. The predicted molar refractivity (Wildman–Crippen MR) is 80.4 cm³/mol. The Balaban J connectivity index is 1.85. The van der Waals surface area contributed by atoms with Gasteiger partial charge in [0, 0.05) is 29.8 Å². The number of hydrogen-bond donors (Lipinski definition) is 1. The van der Waals surface area contributed by atoms with E-state index in [0.717, 1.165) is 16.5 Å². The van der Waals surface area contributed by atoms with Crippen LogP contribution in [-0.4, -0.2) is 4.98 Å². The summed E-state index contributed by atoms with van der Waals surface area (Å²) in [5, 5.41) is 1.06. The normalized spacial score (nSPS) is 10.8. The largest absolute Gasteiger partial charge is 0.489 e. The second-order valence-corrected chi connectivity index (χ2v) is 4.78. The van der Waals surface area contributed by atoms with Gasteiger partial charge in [0.25, 0.3) is 0 Å². The molecule has 0 radical (unpaired) electrons. The SMILES string of the molecule is NCc1cc(F)cc(OCc2cccc3cccnc23)c1. The lowest BCUT2D eigenvalue weighted by molar-refractivity contribution is 0.305. The summed E-state index contributed by atoms with van der Waals surface area (Å²) in [4.78, 5) is 4.37. The molecule has 2 aromatic carbocycles. The zero-order valence-electron chi connectivity index (χ0n) is 11.4. The molecule has 1 aromatic heterocycles. The summed E-state index contributed by atoms with van der Waals surface area (Å²) >= 11 is 0. The number of fused-ring (bicyclic) bond motifs is 1. The molecule has 0 saturated carbocycles. The molecular formula is C17H15FN2O.